The van der Waals surface area contributed by atoms with Crippen LogP contribution in [-0.2, 0) is 17.9 Å². The number of ether oxygens (including phenoxy) is 2. The first-order valence-corrected chi connectivity index (χ1v) is 8.95. The first kappa shape index (κ1) is 17.9. The van der Waals surface area contributed by atoms with Gasteiger partial charge in [0.25, 0.3) is 0 Å². The molecule has 0 amide bonds. The standard InChI is InChI=1S/C20H27N3O2/c1-17(23-9-11-24-12-10-23)13-22-15-19-6-2-3-7-20(19)25-16-18-5-4-8-21-14-18/h2-8,14,17,22H,9-13,15-16H2,1H3. The number of hydrogen-bond donors (Lipinski definition) is 1. The predicted molar refractivity (Wildman–Crippen MR) is 98.6 cm³/mol. The average Bonchev–Trinajstić information content (AvgIpc) is 2.68. The Balaban J connectivity index is 1.48. The molecule has 1 atom stereocenters. The molecule has 25 heavy (non-hydrogen) atoms. The zero-order valence-electron chi connectivity index (χ0n) is 14.9. The zero-order valence-corrected chi connectivity index (χ0v) is 14.9. The van der Waals surface area contributed by atoms with Gasteiger partial charge in [0.1, 0.15) is 12.4 Å². The minimum atomic E-state index is 0.507. The number of para-hydroxylation sites is 1. The molecule has 0 saturated carbocycles. The number of benzene rings is 1. The molecule has 1 aliphatic heterocycles. The van der Waals surface area contributed by atoms with Crippen LogP contribution in [0.4, 0.5) is 0 Å². The van der Waals surface area contributed by atoms with Gasteiger partial charge in [0.05, 0.1) is 13.2 Å². The van der Waals surface area contributed by atoms with Crippen molar-refractivity contribution in [2.24, 2.45) is 0 Å². The van der Waals surface area contributed by atoms with Gasteiger partial charge in [0.15, 0.2) is 0 Å². The van der Waals surface area contributed by atoms with Crippen LogP contribution in [0.25, 0.3) is 0 Å². The summed E-state index contributed by atoms with van der Waals surface area (Å²) in [4.78, 5) is 6.60. The third-order valence-corrected chi connectivity index (χ3v) is 4.51. The fourth-order valence-electron chi connectivity index (χ4n) is 3.00. The van der Waals surface area contributed by atoms with Crippen molar-refractivity contribution >= 4 is 0 Å². The molecule has 1 N–H and O–H groups in total. The van der Waals surface area contributed by atoms with Gasteiger partial charge in [-0.1, -0.05) is 24.3 Å². The van der Waals surface area contributed by atoms with Gasteiger partial charge in [0, 0.05) is 55.7 Å². The van der Waals surface area contributed by atoms with Gasteiger partial charge in [-0.25, -0.2) is 0 Å². The van der Waals surface area contributed by atoms with E-state index in [0.29, 0.717) is 12.6 Å². The van der Waals surface area contributed by atoms with Crippen LogP contribution < -0.4 is 10.1 Å². The van der Waals surface area contributed by atoms with Gasteiger partial charge in [0.2, 0.25) is 0 Å². The Labute approximate surface area is 150 Å². The van der Waals surface area contributed by atoms with Crippen molar-refractivity contribution in [1.29, 1.82) is 0 Å². The lowest BCUT2D eigenvalue weighted by Crippen LogP contribution is -2.46. The van der Waals surface area contributed by atoms with Crippen LogP contribution >= 0.6 is 0 Å². The third-order valence-electron chi connectivity index (χ3n) is 4.51. The molecule has 0 bridgehead atoms. The summed E-state index contributed by atoms with van der Waals surface area (Å²) >= 11 is 0. The van der Waals surface area contributed by atoms with E-state index in [1.165, 1.54) is 5.56 Å². The summed E-state index contributed by atoms with van der Waals surface area (Å²) in [5.41, 5.74) is 2.26. The summed E-state index contributed by atoms with van der Waals surface area (Å²) in [6.07, 6.45) is 3.61. The lowest BCUT2D eigenvalue weighted by molar-refractivity contribution is 0.0203. The van der Waals surface area contributed by atoms with Crippen LogP contribution in [0.2, 0.25) is 0 Å². The predicted octanol–water partition coefficient (Wildman–Crippen LogP) is 2.47. The minimum absolute atomic E-state index is 0.507. The van der Waals surface area contributed by atoms with Gasteiger partial charge in [-0.3, -0.25) is 9.88 Å². The lowest BCUT2D eigenvalue weighted by Gasteiger charge is -2.32. The Morgan fingerprint density at radius 2 is 2.04 bits per heavy atom. The zero-order chi connectivity index (χ0) is 17.3. The van der Waals surface area contributed by atoms with Crippen molar-refractivity contribution in [3.63, 3.8) is 0 Å². The first-order chi connectivity index (χ1) is 12.3. The molecule has 0 spiro atoms. The largest absolute Gasteiger partial charge is 0.489 e. The maximum absolute atomic E-state index is 5.99. The van der Waals surface area contributed by atoms with Crippen LogP contribution in [0.3, 0.4) is 0 Å². The lowest BCUT2D eigenvalue weighted by atomic mass is 10.2. The van der Waals surface area contributed by atoms with E-state index in [0.717, 1.165) is 50.7 Å². The molecule has 1 aliphatic rings. The molecule has 5 heteroatoms. The molecule has 2 aromatic rings. The van der Waals surface area contributed by atoms with Gasteiger partial charge in [-0.2, -0.15) is 0 Å². The van der Waals surface area contributed by atoms with E-state index in [2.05, 4.69) is 34.3 Å². The quantitative estimate of drug-likeness (QED) is 0.799. The van der Waals surface area contributed by atoms with Crippen LogP contribution in [0, 0.1) is 0 Å². The van der Waals surface area contributed by atoms with E-state index in [1.54, 1.807) is 6.20 Å². The summed E-state index contributed by atoms with van der Waals surface area (Å²) in [6.45, 7) is 8.29. The molecular formula is C20H27N3O2. The van der Waals surface area contributed by atoms with Gasteiger partial charge >= 0.3 is 0 Å². The van der Waals surface area contributed by atoms with E-state index < -0.39 is 0 Å². The maximum atomic E-state index is 5.99. The van der Waals surface area contributed by atoms with E-state index in [9.17, 15) is 0 Å². The average molecular weight is 341 g/mol. The maximum Gasteiger partial charge on any atom is 0.124 e. The normalized spacial score (nSPS) is 16.5. The molecule has 1 aromatic heterocycles. The number of morpholine rings is 1. The topological polar surface area (TPSA) is 46.6 Å². The second-order valence-electron chi connectivity index (χ2n) is 6.39. The highest BCUT2D eigenvalue weighted by atomic mass is 16.5. The second-order valence-corrected chi connectivity index (χ2v) is 6.39. The highest BCUT2D eigenvalue weighted by Crippen LogP contribution is 2.19. The van der Waals surface area contributed by atoms with E-state index in [1.807, 2.05) is 30.5 Å². The highest BCUT2D eigenvalue weighted by molar-refractivity contribution is 5.33. The molecule has 1 fully saturated rings. The van der Waals surface area contributed by atoms with Crippen molar-refractivity contribution in [2.75, 3.05) is 32.8 Å². The first-order valence-electron chi connectivity index (χ1n) is 8.95. The van der Waals surface area contributed by atoms with Crippen LogP contribution in [0.15, 0.2) is 48.8 Å². The fraction of sp³-hybridized carbons (Fsp3) is 0.450. The Morgan fingerprint density at radius 3 is 2.84 bits per heavy atom. The number of aromatic nitrogens is 1. The Hall–Kier alpha value is -1.95. The molecule has 3 rings (SSSR count). The number of pyridine rings is 1. The van der Waals surface area contributed by atoms with Crippen LogP contribution in [-0.4, -0.2) is 48.8 Å². The molecule has 1 unspecified atom stereocenters. The highest BCUT2D eigenvalue weighted by Gasteiger charge is 2.16. The summed E-state index contributed by atoms with van der Waals surface area (Å²) in [5.74, 6) is 0.929. The Morgan fingerprint density at radius 1 is 1.20 bits per heavy atom. The minimum Gasteiger partial charge on any atom is -0.489 e. The van der Waals surface area contributed by atoms with Gasteiger partial charge in [-0.05, 0) is 19.1 Å². The molecular weight excluding hydrogens is 314 g/mol. The smallest absolute Gasteiger partial charge is 0.124 e. The molecule has 2 heterocycles. The van der Waals surface area contributed by atoms with Gasteiger partial charge < -0.3 is 14.8 Å². The molecule has 0 radical (unpaired) electrons. The fourth-order valence-corrected chi connectivity index (χ4v) is 3.00. The monoisotopic (exact) mass is 341 g/mol. The van der Waals surface area contributed by atoms with Crippen molar-refractivity contribution in [1.82, 2.24) is 15.2 Å². The van der Waals surface area contributed by atoms with E-state index in [-0.39, 0.29) is 0 Å². The van der Waals surface area contributed by atoms with Crippen molar-refractivity contribution in [3.05, 3.63) is 59.9 Å². The number of hydrogen-bond acceptors (Lipinski definition) is 5. The summed E-state index contributed by atoms with van der Waals surface area (Å²) in [6, 6.07) is 12.7. The van der Waals surface area contributed by atoms with Crippen molar-refractivity contribution in [3.8, 4) is 5.75 Å². The Bertz CT molecular complexity index is 630. The third kappa shape index (κ3) is 5.53. The van der Waals surface area contributed by atoms with Crippen molar-refractivity contribution < 1.29 is 9.47 Å². The summed E-state index contributed by atoms with van der Waals surface area (Å²) in [7, 11) is 0. The van der Waals surface area contributed by atoms with Crippen LogP contribution in [0.1, 0.15) is 18.1 Å². The van der Waals surface area contributed by atoms with E-state index in [4.69, 9.17) is 9.47 Å². The summed E-state index contributed by atoms with van der Waals surface area (Å²) in [5, 5.41) is 3.56. The number of rotatable bonds is 8. The number of nitrogens with zero attached hydrogens (tertiary/aromatic N) is 2. The molecule has 0 aliphatic carbocycles. The Kier molecular flexibility index (Phi) is 6.79. The second kappa shape index (κ2) is 9.51. The molecule has 1 aromatic carbocycles. The van der Waals surface area contributed by atoms with Crippen LogP contribution in [0.5, 0.6) is 5.75 Å². The SMILES string of the molecule is CC(CNCc1ccccc1OCc1cccnc1)N1CCOCC1. The number of nitrogens with one attached hydrogen (secondary N) is 1. The van der Waals surface area contributed by atoms with Gasteiger partial charge in [-0.15, -0.1) is 0 Å². The van der Waals surface area contributed by atoms with Crippen molar-refractivity contribution in [2.45, 2.75) is 26.1 Å². The molecule has 5 nitrogen and oxygen atoms in total. The van der Waals surface area contributed by atoms with E-state index >= 15 is 0 Å². The summed E-state index contributed by atoms with van der Waals surface area (Å²) < 4.78 is 11.4. The molecule has 1 saturated heterocycles. The molecule has 134 valence electrons.